The molecule has 2 N–H and O–H groups in total. The molecule has 1 amide bonds. The molecule has 0 heterocycles. The number of carbonyl (C=O) groups is 2. The number of aliphatic carboxylic acids is 1. The number of halogens is 2. The van der Waals surface area contributed by atoms with Gasteiger partial charge in [0.25, 0.3) is 0 Å². The second-order valence-electron chi connectivity index (χ2n) is 5.65. The topological polar surface area (TPSA) is 66.4 Å². The molecule has 4 nitrogen and oxygen atoms in total. The van der Waals surface area contributed by atoms with E-state index in [0.29, 0.717) is 12.8 Å². The van der Waals surface area contributed by atoms with Crippen molar-refractivity contribution in [2.75, 3.05) is 0 Å². The Hall–Kier alpha value is -1.98. The first-order chi connectivity index (χ1) is 10.5. The molecule has 1 fully saturated rings. The average Bonchev–Trinajstić information content (AvgIpc) is 2.97. The van der Waals surface area contributed by atoms with Crippen molar-refractivity contribution in [2.45, 2.75) is 50.0 Å². The van der Waals surface area contributed by atoms with Gasteiger partial charge in [-0.1, -0.05) is 43.2 Å². The number of alkyl halides is 2. The van der Waals surface area contributed by atoms with Crippen LogP contribution in [0.1, 0.15) is 37.7 Å². The van der Waals surface area contributed by atoms with Crippen molar-refractivity contribution in [3.63, 3.8) is 0 Å². The lowest BCUT2D eigenvalue weighted by Crippen LogP contribution is -2.50. The van der Waals surface area contributed by atoms with Crippen LogP contribution in [0.4, 0.5) is 8.78 Å². The van der Waals surface area contributed by atoms with Crippen molar-refractivity contribution in [3.05, 3.63) is 35.9 Å². The summed E-state index contributed by atoms with van der Waals surface area (Å²) in [5.74, 6) is -1.90. The molecule has 0 saturated heterocycles. The SMILES string of the molecule is O=C(O)C(CC(F)F)NC(=O)C1(c2ccccc2)CCCC1. The van der Waals surface area contributed by atoms with Crippen LogP contribution < -0.4 is 5.32 Å². The van der Waals surface area contributed by atoms with Gasteiger partial charge in [0.2, 0.25) is 12.3 Å². The van der Waals surface area contributed by atoms with Crippen LogP contribution in [0.3, 0.4) is 0 Å². The van der Waals surface area contributed by atoms with E-state index in [1.54, 1.807) is 0 Å². The Labute approximate surface area is 127 Å². The second-order valence-corrected chi connectivity index (χ2v) is 5.65. The van der Waals surface area contributed by atoms with E-state index in [2.05, 4.69) is 5.32 Å². The summed E-state index contributed by atoms with van der Waals surface area (Å²) in [6.45, 7) is 0. The van der Waals surface area contributed by atoms with Crippen LogP contribution in [0.5, 0.6) is 0 Å². The lowest BCUT2D eigenvalue weighted by Gasteiger charge is -2.30. The second kappa shape index (κ2) is 6.85. The molecule has 0 bridgehead atoms. The summed E-state index contributed by atoms with van der Waals surface area (Å²) in [6.07, 6.45) is -0.749. The Balaban J connectivity index is 2.22. The van der Waals surface area contributed by atoms with E-state index in [1.807, 2.05) is 30.3 Å². The third-order valence-electron chi connectivity index (χ3n) is 4.24. The van der Waals surface area contributed by atoms with Crippen molar-refractivity contribution in [1.29, 1.82) is 0 Å². The van der Waals surface area contributed by atoms with Gasteiger partial charge < -0.3 is 10.4 Å². The van der Waals surface area contributed by atoms with Gasteiger partial charge >= 0.3 is 5.97 Å². The fourth-order valence-corrected chi connectivity index (χ4v) is 3.08. The lowest BCUT2D eigenvalue weighted by molar-refractivity contribution is -0.144. The van der Waals surface area contributed by atoms with Gasteiger partial charge in [0.1, 0.15) is 6.04 Å². The largest absolute Gasteiger partial charge is 0.480 e. The smallest absolute Gasteiger partial charge is 0.326 e. The molecule has 1 unspecified atom stereocenters. The van der Waals surface area contributed by atoms with Crippen molar-refractivity contribution in [1.82, 2.24) is 5.32 Å². The molecule has 1 aliphatic carbocycles. The quantitative estimate of drug-likeness (QED) is 0.849. The van der Waals surface area contributed by atoms with E-state index in [9.17, 15) is 18.4 Å². The number of amides is 1. The van der Waals surface area contributed by atoms with Crippen LogP contribution in [-0.4, -0.2) is 29.5 Å². The minimum atomic E-state index is -2.78. The van der Waals surface area contributed by atoms with Crippen molar-refractivity contribution in [2.24, 2.45) is 0 Å². The predicted molar refractivity (Wildman–Crippen MR) is 76.8 cm³/mol. The number of hydrogen-bond acceptors (Lipinski definition) is 2. The molecule has 0 spiro atoms. The molecular weight excluding hydrogens is 292 g/mol. The Morgan fingerprint density at radius 2 is 1.77 bits per heavy atom. The van der Waals surface area contributed by atoms with Crippen molar-refractivity contribution >= 4 is 11.9 Å². The highest BCUT2D eigenvalue weighted by molar-refractivity contribution is 5.91. The third kappa shape index (κ3) is 3.43. The van der Waals surface area contributed by atoms with Crippen LogP contribution in [0.25, 0.3) is 0 Å². The van der Waals surface area contributed by atoms with Gasteiger partial charge in [-0.15, -0.1) is 0 Å². The highest BCUT2D eigenvalue weighted by Crippen LogP contribution is 2.41. The molecule has 1 aromatic rings. The number of benzene rings is 1. The van der Waals surface area contributed by atoms with E-state index in [0.717, 1.165) is 18.4 Å². The van der Waals surface area contributed by atoms with E-state index in [4.69, 9.17) is 5.11 Å². The molecule has 1 saturated carbocycles. The number of carbonyl (C=O) groups excluding carboxylic acids is 1. The van der Waals surface area contributed by atoms with Crippen LogP contribution >= 0.6 is 0 Å². The normalized spacial score (nSPS) is 18.1. The fourth-order valence-electron chi connectivity index (χ4n) is 3.08. The first-order valence-corrected chi connectivity index (χ1v) is 7.33. The Morgan fingerprint density at radius 3 is 2.27 bits per heavy atom. The van der Waals surface area contributed by atoms with Gasteiger partial charge in [0.05, 0.1) is 5.41 Å². The summed E-state index contributed by atoms with van der Waals surface area (Å²) in [5, 5.41) is 11.3. The highest BCUT2D eigenvalue weighted by Gasteiger charge is 2.44. The van der Waals surface area contributed by atoms with E-state index in [-0.39, 0.29) is 0 Å². The van der Waals surface area contributed by atoms with Gasteiger partial charge in [-0.2, -0.15) is 0 Å². The highest BCUT2D eigenvalue weighted by atomic mass is 19.3. The maximum atomic E-state index is 12.6. The molecule has 1 atom stereocenters. The summed E-state index contributed by atoms with van der Waals surface area (Å²) in [4.78, 5) is 23.7. The number of carboxylic acids is 1. The maximum Gasteiger partial charge on any atom is 0.326 e. The van der Waals surface area contributed by atoms with Crippen LogP contribution in [-0.2, 0) is 15.0 Å². The maximum absolute atomic E-state index is 12.6. The first kappa shape index (κ1) is 16.4. The summed E-state index contributed by atoms with van der Waals surface area (Å²) in [7, 11) is 0. The molecule has 0 aromatic heterocycles. The monoisotopic (exact) mass is 311 g/mol. The van der Waals surface area contributed by atoms with Gasteiger partial charge in [0, 0.05) is 6.42 Å². The molecule has 1 aliphatic rings. The molecule has 1 aromatic carbocycles. The zero-order valence-corrected chi connectivity index (χ0v) is 12.1. The number of carboxylic acid groups (broad SMARTS) is 1. The Bertz CT molecular complexity index is 527. The molecule has 120 valence electrons. The zero-order valence-electron chi connectivity index (χ0n) is 12.1. The lowest BCUT2D eigenvalue weighted by atomic mass is 9.78. The van der Waals surface area contributed by atoms with Crippen molar-refractivity contribution < 1.29 is 23.5 Å². The predicted octanol–water partition coefficient (Wildman–Crippen LogP) is 2.72. The summed E-state index contributed by atoms with van der Waals surface area (Å²) < 4.78 is 25.0. The van der Waals surface area contributed by atoms with E-state index in [1.165, 1.54) is 0 Å². The van der Waals surface area contributed by atoms with Gasteiger partial charge in [-0.25, -0.2) is 13.6 Å². The van der Waals surface area contributed by atoms with Crippen LogP contribution in [0, 0.1) is 0 Å². The van der Waals surface area contributed by atoms with Gasteiger partial charge in [0.15, 0.2) is 0 Å². The van der Waals surface area contributed by atoms with Gasteiger partial charge in [-0.05, 0) is 18.4 Å². The molecule has 22 heavy (non-hydrogen) atoms. The number of hydrogen-bond donors (Lipinski definition) is 2. The molecule has 2 rings (SSSR count). The van der Waals surface area contributed by atoms with Gasteiger partial charge in [-0.3, -0.25) is 4.79 Å². The minimum Gasteiger partial charge on any atom is -0.480 e. The summed E-state index contributed by atoms with van der Waals surface area (Å²) in [6, 6.07) is 7.56. The van der Waals surface area contributed by atoms with E-state index < -0.39 is 36.2 Å². The number of nitrogens with one attached hydrogen (secondary N) is 1. The third-order valence-corrected chi connectivity index (χ3v) is 4.24. The average molecular weight is 311 g/mol. The summed E-state index contributed by atoms with van der Waals surface area (Å²) in [5.41, 5.74) is 0.00283. The standard InChI is InChI=1S/C16H19F2NO3/c17-13(18)10-12(14(20)21)19-15(22)16(8-4-5-9-16)11-6-2-1-3-7-11/h1-3,6-7,12-13H,4-5,8-10H2,(H,19,22)(H,20,21). The Kier molecular flexibility index (Phi) is 5.11. The van der Waals surface area contributed by atoms with Crippen LogP contribution in [0.15, 0.2) is 30.3 Å². The molecule has 6 heteroatoms. The molecule has 0 aliphatic heterocycles. The van der Waals surface area contributed by atoms with Crippen molar-refractivity contribution in [3.8, 4) is 0 Å². The van der Waals surface area contributed by atoms with Crippen LogP contribution in [0.2, 0.25) is 0 Å². The molecule has 0 radical (unpaired) electrons. The first-order valence-electron chi connectivity index (χ1n) is 7.33. The zero-order chi connectivity index (χ0) is 16.2. The number of rotatable bonds is 6. The van der Waals surface area contributed by atoms with E-state index >= 15 is 0 Å². The Morgan fingerprint density at radius 1 is 1.18 bits per heavy atom. The fraction of sp³-hybridized carbons (Fsp3) is 0.500. The molecular formula is C16H19F2NO3. The summed E-state index contributed by atoms with van der Waals surface area (Å²) >= 11 is 0. The minimum absolute atomic E-state index is 0.468.